The van der Waals surface area contributed by atoms with E-state index in [1.807, 2.05) is 0 Å². The van der Waals surface area contributed by atoms with Gasteiger partial charge in [0.1, 0.15) is 24.3 Å². The van der Waals surface area contributed by atoms with Crippen molar-refractivity contribution in [2.45, 2.75) is 57.3 Å². The number of aliphatic hydroxyl groups is 1. The van der Waals surface area contributed by atoms with Crippen LogP contribution in [0.25, 0.3) is 0 Å². The summed E-state index contributed by atoms with van der Waals surface area (Å²) >= 11 is 0. The molecule has 1 aromatic rings. The molecule has 0 aromatic heterocycles. The van der Waals surface area contributed by atoms with Gasteiger partial charge in [-0.15, -0.1) is 0 Å². The predicted molar refractivity (Wildman–Crippen MR) is 75.3 cm³/mol. The van der Waals surface area contributed by atoms with Crippen LogP contribution in [0.5, 0.6) is 5.75 Å². The van der Waals surface area contributed by atoms with Gasteiger partial charge in [0.2, 0.25) is 0 Å². The lowest BCUT2D eigenvalue weighted by Gasteiger charge is -2.47. The highest BCUT2D eigenvalue weighted by molar-refractivity contribution is 5.38. The van der Waals surface area contributed by atoms with Crippen LogP contribution in [0.15, 0.2) is 18.2 Å². The average Bonchev–Trinajstić information content (AvgIpc) is 2.41. The Morgan fingerprint density at radius 3 is 2.65 bits per heavy atom. The van der Waals surface area contributed by atoms with Crippen LogP contribution < -0.4 is 4.74 Å². The minimum Gasteiger partial charge on any atom is -0.491 e. The number of ether oxygens (including phenoxy) is 1. The molecular weight excluding hydrogens is 257 g/mol. The van der Waals surface area contributed by atoms with E-state index < -0.39 is 6.10 Å². The van der Waals surface area contributed by atoms with Gasteiger partial charge in [-0.2, -0.15) is 0 Å². The molecule has 3 rings (SSSR count). The lowest BCUT2D eigenvalue weighted by molar-refractivity contribution is -0.0471. The smallest absolute Gasteiger partial charge is 0.125 e. The van der Waals surface area contributed by atoms with Crippen molar-refractivity contribution in [3.63, 3.8) is 0 Å². The molecule has 2 heterocycles. The van der Waals surface area contributed by atoms with Gasteiger partial charge in [-0.25, -0.2) is 4.39 Å². The Hall–Kier alpha value is -1.13. The Kier molecular flexibility index (Phi) is 3.69. The molecule has 0 radical (unpaired) electrons. The molecule has 2 aliphatic rings. The highest BCUT2D eigenvalue weighted by Gasteiger charge is 2.39. The van der Waals surface area contributed by atoms with Crippen LogP contribution in [0.3, 0.4) is 0 Å². The van der Waals surface area contributed by atoms with E-state index in [4.69, 9.17) is 4.74 Å². The summed E-state index contributed by atoms with van der Waals surface area (Å²) < 4.78 is 19.2. The lowest BCUT2D eigenvalue weighted by atomic mass is 9.90. The highest BCUT2D eigenvalue weighted by atomic mass is 19.1. The molecule has 1 saturated heterocycles. The van der Waals surface area contributed by atoms with E-state index in [2.05, 4.69) is 18.7 Å². The molecule has 110 valence electrons. The quantitative estimate of drug-likeness (QED) is 0.858. The van der Waals surface area contributed by atoms with Crippen LogP contribution in [-0.4, -0.2) is 34.7 Å². The molecule has 3 nitrogen and oxygen atoms in total. The molecule has 0 aliphatic carbocycles. The Morgan fingerprint density at radius 2 is 1.95 bits per heavy atom. The minimum absolute atomic E-state index is 0.0883. The molecule has 0 spiro atoms. The van der Waals surface area contributed by atoms with Gasteiger partial charge in [-0.3, -0.25) is 4.90 Å². The molecule has 1 aromatic carbocycles. The maximum Gasteiger partial charge on any atom is 0.125 e. The normalized spacial score (nSPS) is 34.4. The third-order valence-corrected chi connectivity index (χ3v) is 4.71. The van der Waals surface area contributed by atoms with E-state index in [9.17, 15) is 9.50 Å². The van der Waals surface area contributed by atoms with Crippen molar-refractivity contribution < 1.29 is 14.2 Å². The summed E-state index contributed by atoms with van der Waals surface area (Å²) in [7, 11) is 0. The first kappa shape index (κ1) is 13.8. The van der Waals surface area contributed by atoms with E-state index in [1.54, 1.807) is 6.07 Å². The van der Waals surface area contributed by atoms with Crippen LogP contribution in [-0.2, 0) is 0 Å². The van der Waals surface area contributed by atoms with Crippen LogP contribution in [0.1, 0.15) is 44.8 Å². The number of hydrogen-bond acceptors (Lipinski definition) is 3. The van der Waals surface area contributed by atoms with E-state index >= 15 is 0 Å². The van der Waals surface area contributed by atoms with Gasteiger partial charge in [0.05, 0.1) is 6.04 Å². The number of hydrogen-bond donors (Lipinski definition) is 1. The first-order valence-electron chi connectivity index (χ1n) is 7.45. The Bertz CT molecular complexity index is 483. The monoisotopic (exact) mass is 279 g/mol. The van der Waals surface area contributed by atoms with Crippen molar-refractivity contribution in [3.05, 3.63) is 29.6 Å². The Balaban J connectivity index is 1.89. The number of likely N-dealkylation sites (tertiary alicyclic amines) is 1. The fraction of sp³-hybridized carbons (Fsp3) is 0.625. The number of aliphatic hydroxyl groups excluding tert-OH is 1. The topological polar surface area (TPSA) is 32.7 Å². The maximum absolute atomic E-state index is 13.4. The summed E-state index contributed by atoms with van der Waals surface area (Å²) in [6.07, 6.45) is 2.83. The van der Waals surface area contributed by atoms with Crippen molar-refractivity contribution in [2.75, 3.05) is 6.61 Å². The van der Waals surface area contributed by atoms with Crippen LogP contribution in [0.2, 0.25) is 0 Å². The van der Waals surface area contributed by atoms with Gasteiger partial charge in [0, 0.05) is 17.6 Å². The zero-order valence-corrected chi connectivity index (χ0v) is 12.1. The zero-order chi connectivity index (χ0) is 14.3. The van der Waals surface area contributed by atoms with Crippen molar-refractivity contribution in [1.29, 1.82) is 0 Å². The summed E-state index contributed by atoms with van der Waals surface area (Å²) in [6.45, 7) is 4.86. The van der Waals surface area contributed by atoms with Gasteiger partial charge < -0.3 is 9.84 Å². The first-order valence-corrected chi connectivity index (χ1v) is 7.45. The van der Waals surface area contributed by atoms with Crippen LogP contribution in [0.4, 0.5) is 4.39 Å². The molecule has 1 N–H and O–H groups in total. The highest BCUT2D eigenvalue weighted by Crippen LogP contribution is 2.38. The second kappa shape index (κ2) is 5.34. The maximum atomic E-state index is 13.4. The second-order valence-corrected chi connectivity index (χ2v) is 6.08. The Labute approximate surface area is 119 Å². The standard InChI is InChI=1S/C16H22FNO2/c1-10-4-3-5-11(2)18(10)14-9-20-15-7-6-12(17)8-13(15)16(14)19/h6-8,10-11,14,16,19H,3-5,9H2,1-2H3. The summed E-state index contributed by atoms with van der Waals surface area (Å²) in [5.41, 5.74) is 0.575. The van der Waals surface area contributed by atoms with Gasteiger partial charge in [-0.1, -0.05) is 6.42 Å². The molecule has 0 saturated carbocycles. The van der Waals surface area contributed by atoms with Gasteiger partial charge in [0.25, 0.3) is 0 Å². The van der Waals surface area contributed by atoms with Crippen LogP contribution >= 0.6 is 0 Å². The molecular formula is C16H22FNO2. The number of benzene rings is 1. The van der Waals surface area contributed by atoms with Crippen molar-refractivity contribution in [2.24, 2.45) is 0 Å². The number of piperidine rings is 1. The third kappa shape index (κ3) is 2.31. The lowest BCUT2D eigenvalue weighted by Crippen LogP contribution is -2.55. The van der Waals surface area contributed by atoms with Gasteiger partial charge in [0.15, 0.2) is 0 Å². The fourth-order valence-corrected chi connectivity index (χ4v) is 3.70. The number of fused-ring (bicyclic) bond motifs is 1. The Morgan fingerprint density at radius 1 is 1.25 bits per heavy atom. The molecule has 4 heteroatoms. The van der Waals surface area contributed by atoms with Gasteiger partial charge >= 0.3 is 0 Å². The average molecular weight is 279 g/mol. The molecule has 4 unspecified atom stereocenters. The summed E-state index contributed by atoms with van der Waals surface area (Å²) in [4.78, 5) is 2.35. The van der Waals surface area contributed by atoms with Gasteiger partial charge in [-0.05, 0) is 44.9 Å². The largest absolute Gasteiger partial charge is 0.491 e. The third-order valence-electron chi connectivity index (χ3n) is 4.71. The summed E-state index contributed by atoms with van der Waals surface area (Å²) in [5.74, 6) is 0.277. The molecule has 0 amide bonds. The number of nitrogens with zero attached hydrogens (tertiary/aromatic N) is 1. The van der Waals surface area contributed by atoms with Crippen molar-refractivity contribution in [1.82, 2.24) is 4.90 Å². The van der Waals surface area contributed by atoms with Crippen molar-refractivity contribution in [3.8, 4) is 5.75 Å². The fourth-order valence-electron chi connectivity index (χ4n) is 3.70. The first-order chi connectivity index (χ1) is 9.58. The van der Waals surface area contributed by atoms with E-state index in [-0.39, 0.29) is 11.9 Å². The molecule has 4 atom stereocenters. The second-order valence-electron chi connectivity index (χ2n) is 6.08. The summed E-state index contributed by atoms with van der Waals surface area (Å²) in [6, 6.07) is 5.14. The van der Waals surface area contributed by atoms with E-state index in [0.717, 1.165) is 12.8 Å². The van der Waals surface area contributed by atoms with E-state index in [1.165, 1.54) is 18.6 Å². The predicted octanol–water partition coefficient (Wildman–Crippen LogP) is 2.88. The molecule has 1 fully saturated rings. The SMILES string of the molecule is CC1CCCC(C)N1C1COc2ccc(F)cc2C1O. The summed E-state index contributed by atoms with van der Waals surface area (Å²) in [5, 5.41) is 10.6. The zero-order valence-electron chi connectivity index (χ0n) is 12.1. The molecule has 2 aliphatic heterocycles. The molecule has 20 heavy (non-hydrogen) atoms. The van der Waals surface area contributed by atoms with Crippen molar-refractivity contribution >= 4 is 0 Å². The molecule has 0 bridgehead atoms. The van der Waals surface area contributed by atoms with E-state index in [0.29, 0.717) is 30.0 Å². The van der Waals surface area contributed by atoms with Crippen LogP contribution in [0, 0.1) is 5.82 Å². The minimum atomic E-state index is -0.683. The number of halogens is 1. The number of rotatable bonds is 1.